The summed E-state index contributed by atoms with van der Waals surface area (Å²) in [6.07, 6.45) is -2.77. The SMILES string of the molecule is O=C(/C=C/c1cccc(OC(F)(F)F)c1)N1CCOC(COc2cc(F)ccc2F)C1. The number of benzene rings is 2. The zero-order valence-corrected chi connectivity index (χ0v) is 16.1. The van der Waals surface area contributed by atoms with Crippen molar-refractivity contribution in [3.8, 4) is 11.5 Å². The molecule has 1 atom stereocenters. The Balaban J connectivity index is 1.56. The summed E-state index contributed by atoms with van der Waals surface area (Å²) >= 11 is 0. The molecule has 1 heterocycles. The lowest BCUT2D eigenvalue weighted by atomic mass is 10.2. The first-order chi connectivity index (χ1) is 14.7. The van der Waals surface area contributed by atoms with Crippen LogP contribution in [-0.4, -0.2) is 49.6 Å². The van der Waals surface area contributed by atoms with Gasteiger partial charge in [0, 0.05) is 18.7 Å². The van der Waals surface area contributed by atoms with Crippen LogP contribution in [0.3, 0.4) is 0 Å². The number of carbonyl (C=O) groups excluding carboxylic acids is 1. The molecule has 0 radical (unpaired) electrons. The quantitative estimate of drug-likeness (QED) is 0.497. The number of amides is 1. The average molecular weight is 443 g/mol. The van der Waals surface area contributed by atoms with E-state index in [1.165, 1.54) is 29.2 Å². The monoisotopic (exact) mass is 443 g/mol. The molecule has 31 heavy (non-hydrogen) atoms. The third kappa shape index (κ3) is 6.95. The third-order valence-corrected chi connectivity index (χ3v) is 4.28. The van der Waals surface area contributed by atoms with Gasteiger partial charge in [0.1, 0.15) is 24.3 Å². The summed E-state index contributed by atoms with van der Waals surface area (Å²) in [6, 6.07) is 8.04. The van der Waals surface area contributed by atoms with Crippen molar-refractivity contribution in [2.24, 2.45) is 0 Å². The van der Waals surface area contributed by atoms with Crippen LogP contribution in [0, 0.1) is 11.6 Å². The summed E-state index contributed by atoms with van der Waals surface area (Å²) < 4.78 is 78.4. The number of rotatable bonds is 6. The number of hydrogen-bond donors (Lipinski definition) is 0. The van der Waals surface area contributed by atoms with E-state index >= 15 is 0 Å². The summed E-state index contributed by atoms with van der Waals surface area (Å²) in [5.74, 6) is -2.40. The number of alkyl halides is 3. The molecular formula is C21H18F5NO4. The first-order valence-corrected chi connectivity index (χ1v) is 9.22. The summed E-state index contributed by atoms with van der Waals surface area (Å²) in [6.45, 7) is 0.571. The second-order valence-electron chi connectivity index (χ2n) is 6.62. The molecule has 0 bridgehead atoms. The molecule has 1 unspecified atom stereocenters. The van der Waals surface area contributed by atoms with Crippen LogP contribution in [0.1, 0.15) is 5.56 Å². The number of morpholine rings is 1. The molecule has 2 aromatic rings. The Bertz CT molecular complexity index is 948. The Morgan fingerprint density at radius 2 is 2.00 bits per heavy atom. The maximum Gasteiger partial charge on any atom is 0.573 e. The van der Waals surface area contributed by atoms with E-state index in [1.54, 1.807) is 0 Å². The zero-order chi connectivity index (χ0) is 22.4. The van der Waals surface area contributed by atoms with Gasteiger partial charge in [0.05, 0.1) is 13.2 Å². The van der Waals surface area contributed by atoms with Crippen LogP contribution in [-0.2, 0) is 9.53 Å². The van der Waals surface area contributed by atoms with E-state index in [9.17, 15) is 26.7 Å². The van der Waals surface area contributed by atoms with Gasteiger partial charge in [-0.25, -0.2) is 8.78 Å². The molecule has 3 rings (SSSR count). The maximum absolute atomic E-state index is 13.6. The van der Waals surface area contributed by atoms with Gasteiger partial charge in [-0.05, 0) is 35.9 Å². The van der Waals surface area contributed by atoms with Crippen LogP contribution >= 0.6 is 0 Å². The average Bonchev–Trinajstić information content (AvgIpc) is 2.72. The standard InChI is InChI=1S/C21H18F5NO4/c22-15-5-6-18(23)19(11-15)30-13-17-12-27(8-9-29-17)20(28)7-4-14-2-1-3-16(10-14)31-21(24,25)26/h1-7,10-11,17H,8-9,12-13H2/b7-4+. The molecule has 0 spiro atoms. The Morgan fingerprint density at radius 3 is 2.77 bits per heavy atom. The molecule has 5 nitrogen and oxygen atoms in total. The molecular weight excluding hydrogens is 425 g/mol. The highest BCUT2D eigenvalue weighted by molar-refractivity contribution is 5.91. The number of ether oxygens (including phenoxy) is 3. The van der Waals surface area contributed by atoms with E-state index in [4.69, 9.17) is 9.47 Å². The molecule has 1 saturated heterocycles. The summed E-state index contributed by atoms with van der Waals surface area (Å²) in [5.41, 5.74) is 0.352. The minimum Gasteiger partial charge on any atom is -0.488 e. The predicted octanol–water partition coefficient (Wildman–Crippen LogP) is 4.18. The summed E-state index contributed by atoms with van der Waals surface area (Å²) in [7, 11) is 0. The Kier molecular flexibility index (Phi) is 7.11. The van der Waals surface area contributed by atoms with Crippen LogP contribution < -0.4 is 9.47 Å². The van der Waals surface area contributed by atoms with Crippen LogP contribution in [0.5, 0.6) is 11.5 Å². The highest BCUT2D eigenvalue weighted by Gasteiger charge is 2.31. The van der Waals surface area contributed by atoms with Gasteiger partial charge >= 0.3 is 6.36 Å². The zero-order valence-electron chi connectivity index (χ0n) is 16.1. The number of carbonyl (C=O) groups is 1. The molecule has 2 aromatic carbocycles. The van der Waals surface area contributed by atoms with Gasteiger partial charge in [-0.2, -0.15) is 0 Å². The molecule has 1 aliphatic rings. The minimum atomic E-state index is -4.81. The molecule has 0 N–H and O–H groups in total. The van der Waals surface area contributed by atoms with Crippen LogP contribution in [0.15, 0.2) is 48.5 Å². The van der Waals surface area contributed by atoms with Gasteiger partial charge in [0.25, 0.3) is 0 Å². The Labute approximate surface area is 174 Å². The largest absolute Gasteiger partial charge is 0.573 e. The molecule has 1 aliphatic heterocycles. The van der Waals surface area contributed by atoms with Crippen molar-refractivity contribution in [1.82, 2.24) is 4.90 Å². The number of nitrogens with zero attached hydrogens (tertiary/aromatic N) is 1. The van der Waals surface area contributed by atoms with E-state index in [0.717, 1.165) is 30.3 Å². The van der Waals surface area contributed by atoms with Crippen molar-refractivity contribution < 1.29 is 41.0 Å². The van der Waals surface area contributed by atoms with Crippen molar-refractivity contribution in [2.75, 3.05) is 26.3 Å². The molecule has 0 aliphatic carbocycles. The molecule has 0 saturated carbocycles. The maximum atomic E-state index is 13.6. The van der Waals surface area contributed by atoms with Gasteiger partial charge in [0.15, 0.2) is 11.6 Å². The number of halogens is 5. The topological polar surface area (TPSA) is 48.0 Å². The first kappa shape index (κ1) is 22.5. The van der Waals surface area contributed by atoms with E-state index in [1.807, 2.05) is 0 Å². The third-order valence-electron chi connectivity index (χ3n) is 4.28. The Morgan fingerprint density at radius 1 is 1.19 bits per heavy atom. The minimum absolute atomic E-state index is 0.0926. The molecule has 1 fully saturated rings. The molecule has 0 aromatic heterocycles. The van der Waals surface area contributed by atoms with Gasteiger partial charge < -0.3 is 19.1 Å². The predicted molar refractivity (Wildman–Crippen MR) is 100 cm³/mol. The van der Waals surface area contributed by atoms with Crippen LogP contribution in [0.25, 0.3) is 6.08 Å². The fourth-order valence-electron chi connectivity index (χ4n) is 2.88. The normalized spacial score (nSPS) is 17.1. The van der Waals surface area contributed by atoms with E-state index in [-0.39, 0.29) is 31.4 Å². The van der Waals surface area contributed by atoms with Crippen molar-refractivity contribution in [3.05, 3.63) is 65.7 Å². The van der Waals surface area contributed by atoms with Crippen LogP contribution in [0.2, 0.25) is 0 Å². The lowest BCUT2D eigenvalue weighted by molar-refractivity contribution is -0.274. The van der Waals surface area contributed by atoms with Gasteiger partial charge in [0.2, 0.25) is 5.91 Å². The second-order valence-corrected chi connectivity index (χ2v) is 6.62. The molecule has 10 heteroatoms. The second kappa shape index (κ2) is 9.78. The van der Waals surface area contributed by atoms with Gasteiger partial charge in [-0.1, -0.05) is 12.1 Å². The number of hydrogen-bond acceptors (Lipinski definition) is 4. The van der Waals surface area contributed by atoms with Gasteiger partial charge in [-0.3, -0.25) is 4.79 Å². The van der Waals surface area contributed by atoms with Crippen molar-refractivity contribution in [1.29, 1.82) is 0 Å². The summed E-state index contributed by atoms with van der Waals surface area (Å²) in [5, 5.41) is 0. The van der Waals surface area contributed by atoms with Crippen molar-refractivity contribution >= 4 is 12.0 Å². The van der Waals surface area contributed by atoms with E-state index < -0.39 is 29.9 Å². The lowest BCUT2D eigenvalue weighted by Crippen LogP contribution is -2.47. The smallest absolute Gasteiger partial charge is 0.488 e. The molecule has 166 valence electrons. The van der Waals surface area contributed by atoms with E-state index in [0.29, 0.717) is 12.1 Å². The highest BCUT2D eigenvalue weighted by Crippen LogP contribution is 2.24. The fourth-order valence-corrected chi connectivity index (χ4v) is 2.88. The van der Waals surface area contributed by atoms with Crippen molar-refractivity contribution in [3.63, 3.8) is 0 Å². The summed E-state index contributed by atoms with van der Waals surface area (Å²) in [4.78, 5) is 13.9. The van der Waals surface area contributed by atoms with Gasteiger partial charge in [-0.15, -0.1) is 13.2 Å². The lowest BCUT2D eigenvalue weighted by Gasteiger charge is -2.32. The first-order valence-electron chi connectivity index (χ1n) is 9.22. The van der Waals surface area contributed by atoms with E-state index in [2.05, 4.69) is 4.74 Å². The fraction of sp³-hybridized carbons (Fsp3) is 0.286. The highest BCUT2D eigenvalue weighted by atomic mass is 19.4. The molecule has 1 amide bonds. The van der Waals surface area contributed by atoms with Crippen LogP contribution in [0.4, 0.5) is 22.0 Å². The Hall–Kier alpha value is -3.14. The van der Waals surface area contributed by atoms with Crippen molar-refractivity contribution in [2.45, 2.75) is 12.5 Å².